The van der Waals surface area contributed by atoms with Crippen LogP contribution in [0.4, 0.5) is 10.5 Å². The van der Waals surface area contributed by atoms with Gasteiger partial charge >= 0.3 is 6.03 Å². The lowest BCUT2D eigenvalue weighted by atomic mass is 10.0. The quantitative estimate of drug-likeness (QED) is 0.896. The van der Waals surface area contributed by atoms with E-state index in [9.17, 15) is 9.59 Å². The van der Waals surface area contributed by atoms with Gasteiger partial charge in [-0.1, -0.05) is 31.5 Å². The summed E-state index contributed by atoms with van der Waals surface area (Å²) in [5, 5.41) is 5.84. The molecule has 0 bridgehead atoms. The second kappa shape index (κ2) is 7.99. The van der Waals surface area contributed by atoms with Crippen molar-refractivity contribution < 1.29 is 9.59 Å². The fraction of sp³-hybridized carbons (Fsp3) is 0.556. The fourth-order valence-corrected chi connectivity index (χ4v) is 2.72. The van der Waals surface area contributed by atoms with Gasteiger partial charge < -0.3 is 15.5 Å². The van der Waals surface area contributed by atoms with Gasteiger partial charge in [-0.3, -0.25) is 4.79 Å². The molecule has 0 saturated carbocycles. The number of nitrogens with zero attached hydrogens (tertiary/aromatic N) is 1. The largest absolute Gasteiger partial charge is 0.342 e. The molecule has 0 radical (unpaired) electrons. The van der Waals surface area contributed by atoms with Crippen LogP contribution in [0, 0.1) is 12.8 Å². The van der Waals surface area contributed by atoms with Gasteiger partial charge in [-0.25, -0.2) is 4.79 Å². The lowest BCUT2D eigenvalue weighted by Gasteiger charge is -2.33. The van der Waals surface area contributed by atoms with Crippen molar-refractivity contribution in [1.29, 1.82) is 0 Å². The van der Waals surface area contributed by atoms with Crippen LogP contribution in [-0.4, -0.2) is 36.0 Å². The van der Waals surface area contributed by atoms with Crippen LogP contribution < -0.4 is 10.6 Å². The average Bonchev–Trinajstić information content (AvgIpc) is 2.56. The highest BCUT2D eigenvalue weighted by atomic mass is 16.2. The summed E-state index contributed by atoms with van der Waals surface area (Å²) in [4.78, 5) is 26.1. The molecule has 1 unspecified atom stereocenters. The van der Waals surface area contributed by atoms with Crippen LogP contribution in [0.25, 0.3) is 0 Å². The van der Waals surface area contributed by atoms with E-state index in [4.69, 9.17) is 0 Å². The third-order valence-corrected chi connectivity index (χ3v) is 4.49. The van der Waals surface area contributed by atoms with Gasteiger partial charge in [-0.05, 0) is 38.3 Å². The van der Waals surface area contributed by atoms with Crippen LogP contribution >= 0.6 is 0 Å². The molecule has 3 amide bonds. The molecule has 0 spiro atoms. The molecular formula is C18H27N3O2. The van der Waals surface area contributed by atoms with E-state index >= 15 is 0 Å². The number of benzene rings is 1. The second-order valence-corrected chi connectivity index (χ2v) is 6.37. The number of hydrogen-bond donors (Lipinski definition) is 2. The van der Waals surface area contributed by atoms with E-state index in [0.29, 0.717) is 0 Å². The smallest absolute Gasteiger partial charge is 0.319 e. The standard InChI is InChI=1S/C18H27N3O2/c1-4-14(3)17(22)21-11-9-16(10-12-21)20-18(23)19-15-7-5-13(2)6-8-15/h5-8,14,16H,4,9-12H2,1-3H3,(H2,19,20,23). The van der Waals surface area contributed by atoms with E-state index in [2.05, 4.69) is 10.6 Å². The molecule has 1 aliphatic heterocycles. The summed E-state index contributed by atoms with van der Waals surface area (Å²) in [6.07, 6.45) is 2.49. The van der Waals surface area contributed by atoms with Crippen molar-refractivity contribution in [3.8, 4) is 0 Å². The number of aryl methyl sites for hydroxylation is 1. The fourth-order valence-electron chi connectivity index (χ4n) is 2.72. The van der Waals surface area contributed by atoms with Crippen molar-refractivity contribution in [3.05, 3.63) is 29.8 Å². The average molecular weight is 317 g/mol. The third-order valence-electron chi connectivity index (χ3n) is 4.49. The zero-order valence-electron chi connectivity index (χ0n) is 14.3. The van der Waals surface area contributed by atoms with Gasteiger partial charge in [0.15, 0.2) is 0 Å². The number of anilines is 1. The van der Waals surface area contributed by atoms with E-state index < -0.39 is 0 Å². The van der Waals surface area contributed by atoms with Crippen LogP contribution in [0.1, 0.15) is 38.7 Å². The molecule has 1 heterocycles. The Morgan fingerprint density at radius 3 is 2.39 bits per heavy atom. The Morgan fingerprint density at radius 2 is 1.83 bits per heavy atom. The predicted octanol–water partition coefficient (Wildman–Crippen LogP) is 3.15. The predicted molar refractivity (Wildman–Crippen MR) is 92.4 cm³/mol. The van der Waals surface area contributed by atoms with Gasteiger partial charge in [0.05, 0.1) is 0 Å². The Kier molecular flexibility index (Phi) is 6.02. The number of urea groups is 1. The number of carbonyl (C=O) groups excluding carboxylic acids is 2. The number of carbonyl (C=O) groups is 2. The molecule has 1 aromatic carbocycles. The van der Waals surface area contributed by atoms with Gasteiger partial charge in [0, 0.05) is 30.7 Å². The first-order valence-corrected chi connectivity index (χ1v) is 8.42. The highest BCUT2D eigenvalue weighted by Gasteiger charge is 2.25. The third kappa shape index (κ3) is 4.98. The highest BCUT2D eigenvalue weighted by molar-refractivity contribution is 5.89. The maximum Gasteiger partial charge on any atom is 0.319 e. The maximum absolute atomic E-state index is 12.2. The molecule has 2 N–H and O–H groups in total. The Labute approximate surface area is 138 Å². The van der Waals surface area contributed by atoms with Crippen LogP contribution in [0.15, 0.2) is 24.3 Å². The number of piperidine rings is 1. The topological polar surface area (TPSA) is 61.4 Å². The lowest BCUT2D eigenvalue weighted by molar-refractivity contribution is -0.136. The van der Waals surface area contributed by atoms with Crippen molar-refractivity contribution in [2.45, 2.75) is 46.1 Å². The van der Waals surface area contributed by atoms with E-state index in [1.807, 2.05) is 49.9 Å². The number of hydrogen-bond acceptors (Lipinski definition) is 2. The minimum atomic E-state index is -0.180. The summed E-state index contributed by atoms with van der Waals surface area (Å²) in [6, 6.07) is 7.66. The molecule has 0 aliphatic carbocycles. The molecule has 1 aliphatic rings. The molecule has 1 atom stereocenters. The van der Waals surface area contributed by atoms with Crippen molar-refractivity contribution in [1.82, 2.24) is 10.2 Å². The van der Waals surface area contributed by atoms with Gasteiger partial charge in [-0.2, -0.15) is 0 Å². The van der Waals surface area contributed by atoms with Crippen LogP contribution in [0.3, 0.4) is 0 Å². The van der Waals surface area contributed by atoms with E-state index in [-0.39, 0.29) is 23.9 Å². The molecule has 23 heavy (non-hydrogen) atoms. The number of nitrogens with one attached hydrogen (secondary N) is 2. The molecule has 5 nitrogen and oxygen atoms in total. The van der Waals surface area contributed by atoms with Crippen LogP contribution in [0.5, 0.6) is 0 Å². The summed E-state index contributed by atoms with van der Waals surface area (Å²) >= 11 is 0. The van der Waals surface area contributed by atoms with Crippen LogP contribution in [0.2, 0.25) is 0 Å². The van der Waals surface area contributed by atoms with E-state index in [1.165, 1.54) is 0 Å². The second-order valence-electron chi connectivity index (χ2n) is 6.37. The first-order valence-electron chi connectivity index (χ1n) is 8.42. The summed E-state index contributed by atoms with van der Waals surface area (Å²) in [5.41, 5.74) is 1.95. The monoisotopic (exact) mass is 317 g/mol. The van der Waals surface area contributed by atoms with E-state index in [0.717, 1.165) is 43.6 Å². The Morgan fingerprint density at radius 1 is 1.22 bits per heavy atom. The van der Waals surface area contributed by atoms with Crippen molar-refractivity contribution in [2.75, 3.05) is 18.4 Å². The highest BCUT2D eigenvalue weighted by Crippen LogP contribution is 2.15. The summed E-state index contributed by atoms with van der Waals surface area (Å²) in [5.74, 6) is 0.319. The van der Waals surface area contributed by atoms with Gasteiger partial charge in [-0.15, -0.1) is 0 Å². The SMILES string of the molecule is CCC(C)C(=O)N1CCC(NC(=O)Nc2ccc(C)cc2)CC1. The van der Waals surface area contributed by atoms with Crippen molar-refractivity contribution in [3.63, 3.8) is 0 Å². The minimum absolute atomic E-state index is 0.0874. The lowest BCUT2D eigenvalue weighted by Crippen LogP contribution is -2.48. The van der Waals surface area contributed by atoms with E-state index in [1.54, 1.807) is 0 Å². The van der Waals surface area contributed by atoms with Crippen LogP contribution in [-0.2, 0) is 4.79 Å². The molecule has 1 fully saturated rings. The molecule has 2 rings (SSSR count). The molecule has 126 valence electrons. The first-order chi connectivity index (χ1) is 11.0. The Bertz CT molecular complexity index is 534. The Hall–Kier alpha value is -2.04. The molecular weight excluding hydrogens is 290 g/mol. The normalized spacial score (nSPS) is 16.7. The minimum Gasteiger partial charge on any atom is -0.342 e. The zero-order chi connectivity index (χ0) is 16.8. The first kappa shape index (κ1) is 17.3. The number of likely N-dealkylation sites (tertiary alicyclic amines) is 1. The maximum atomic E-state index is 12.2. The van der Waals surface area contributed by atoms with Gasteiger partial charge in [0.25, 0.3) is 0 Å². The molecule has 1 aromatic rings. The molecule has 1 saturated heterocycles. The summed E-state index contributed by atoms with van der Waals surface area (Å²) in [6.45, 7) is 7.46. The van der Waals surface area contributed by atoms with Gasteiger partial charge in [0.1, 0.15) is 0 Å². The summed E-state index contributed by atoms with van der Waals surface area (Å²) < 4.78 is 0. The Balaban J connectivity index is 1.76. The number of rotatable bonds is 4. The van der Waals surface area contributed by atoms with Gasteiger partial charge in [0.2, 0.25) is 5.91 Å². The number of amides is 3. The van der Waals surface area contributed by atoms with Crippen molar-refractivity contribution >= 4 is 17.6 Å². The molecule has 0 aromatic heterocycles. The summed E-state index contributed by atoms with van der Waals surface area (Å²) in [7, 11) is 0. The van der Waals surface area contributed by atoms with Crippen molar-refractivity contribution in [2.24, 2.45) is 5.92 Å². The molecule has 5 heteroatoms. The zero-order valence-corrected chi connectivity index (χ0v) is 14.3.